The van der Waals surface area contributed by atoms with Gasteiger partial charge in [0, 0.05) is 6.08 Å². The first-order valence-corrected chi connectivity index (χ1v) is 6.21. The van der Waals surface area contributed by atoms with Crippen molar-refractivity contribution in [2.24, 2.45) is 5.73 Å². The molecule has 0 atom stereocenters. The predicted octanol–water partition coefficient (Wildman–Crippen LogP) is 3.47. The van der Waals surface area contributed by atoms with Crippen LogP contribution in [0, 0.1) is 13.8 Å². The van der Waals surface area contributed by atoms with Crippen molar-refractivity contribution < 1.29 is 4.79 Å². The van der Waals surface area contributed by atoms with Gasteiger partial charge < -0.3 is 5.73 Å². The molecule has 0 aromatic heterocycles. The van der Waals surface area contributed by atoms with Crippen molar-refractivity contribution in [2.45, 2.75) is 13.8 Å². The Kier molecular flexibility index (Phi) is 3.81. The molecule has 2 nitrogen and oxygen atoms in total. The number of benzene rings is 2. The molecule has 0 unspecified atom stereocenters. The maximum atomic E-state index is 10.8. The molecule has 0 radical (unpaired) electrons. The summed E-state index contributed by atoms with van der Waals surface area (Å²) in [7, 11) is 0. The van der Waals surface area contributed by atoms with Crippen molar-refractivity contribution in [1.29, 1.82) is 0 Å². The van der Waals surface area contributed by atoms with Gasteiger partial charge in [-0.05, 0) is 42.7 Å². The number of hydrogen-bond acceptors (Lipinski definition) is 1. The number of nitrogens with two attached hydrogens (primary N) is 1. The van der Waals surface area contributed by atoms with E-state index in [0.29, 0.717) is 0 Å². The second kappa shape index (κ2) is 5.53. The Bertz CT molecular complexity index is 621. The van der Waals surface area contributed by atoms with E-state index in [9.17, 15) is 4.79 Å². The molecule has 96 valence electrons. The minimum Gasteiger partial charge on any atom is -0.366 e. The molecular weight excluding hydrogens is 234 g/mol. The van der Waals surface area contributed by atoms with E-state index in [0.717, 1.165) is 11.1 Å². The Labute approximate surface area is 113 Å². The van der Waals surface area contributed by atoms with Crippen molar-refractivity contribution in [3.8, 4) is 11.1 Å². The summed E-state index contributed by atoms with van der Waals surface area (Å²) >= 11 is 0. The van der Waals surface area contributed by atoms with E-state index in [4.69, 9.17) is 5.73 Å². The van der Waals surface area contributed by atoms with Crippen molar-refractivity contribution in [1.82, 2.24) is 0 Å². The van der Waals surface area contributed by atoms with Gasteiger partial charge in [-0.25, -0.2) is 0 Å². The van der Waals surface area contributed by atoms with Crippen molar-refractivity contribution in [3.63, 3.8) is 0 Å². The molecule has 0 spiro atoms. The van der Waals surface area contributed by atoms with Crippen molar-refractivity contribution >= 4 is 12.0 Å². The fourth-order valence-electron chi connectivity index (χ4n) is 2.14. The monoisotopic (exact) mass is 251 g/mol. The Hall–Kier alpha value is -2.35. The molecule has 2 heteroatoms. The summed E-state index contributed by atoms with van der Waals surface area (Å²) in [5, 5.41) is 0. The molecule has 0 aliphatic heterocycles. The van der Waals surface area contributed by atoms with Gasteiger partial charge in [-0.3, -0.25) is 4.79 Å². The largest absolute Gasteiger partial charge is 0.366 e. The maximum Gasteiger partial charge on any atom is 0.241 e. The van der Waals surface area contributed by atoms with Crippen LogP contribution in [0.1, 0.15) is 16.7 Å². The molecule has 2 N–H and O–H groups in total. The van der Waals surface area contributed by atoms with E-state index in [2.05, 4.69) is 38.1 Å². The van der Waals surface area contributed by atoms with E-state index in [1.807, 2.05) is 18.2 Å². The second-order valence-electron chi connectivity index (χ2n) is 4.74. The van der Waals surface area contributed by atoms with Crippen LogP contribution in [0.3, 0.4) is 0 Å². The fourth-order valence-corrected chi connectivity index (χ4v) is 2.14. The van der Waals surface area contributed by atoms with Crippen LogP contribution in [0.2, 0.25) is 0 Å². The molecule has 2 rings (SSSR count). The van der Waals surface area contributed by atoms with Gasteiger partial charge in [-0.2, -0.15) is 0 Å². The molecular formula is C17H17NO. The third-order valence-electron chi connectivity index (χ3n) is 2.88. The Morgan fingerprint density at radius 3 is 2.32 bits per heavy atom. The van der Waals surface area contributed by atoms with E-state index in [-0.39, 0.29) is 0 Å². The summed E-state index contributed by atoms with van der Waals surface area (Å²) in [6, 6.07) is 14.5. The first kappa shape index (κ1) is 13.1. The summed E-state index contributed by atoms with van der Waals surface area (Å²) in [4.78, 5) is 10.8. The molecule has 2 aromatic rings. The van der Waals surface area contributed by atoms with Crippen LogP contribution in [0.5, 0.6) is 0 Å². The van der Waals surface area contributed by atoms with E-state index in [1.165, 1.54) is 22.8 Å². The van der Waals surface area contributed by atoms with Crippen LogP contribution >= 0.6 is 0 Å². The highest BCUT2D eigenvalue weighted by molar-refractivity contribution is 5.90. The summed E-state index contributed by atoms with van der Waals surface area (Å²) < 4.78 is 0. The Balaban J connectivity index is 2.40. The van der Waals surface area contributed by atoms with E-state index in [1.54, 1.807) is 6.08 Å². The standard InChI is InChI=1S/C17H17NO/c1-12-8-13(2)10-16(9-12)15-5-3-4-14(11-15)6-7-17(18)19/h3-11H,1-2H3,(H2,18,19)/b7-6+. The summed E-state index contributed by atoms with van der Waals surface area (Å²) in [5.41, 5.74) is 10.9. The number of hydrogen-bond donors (Lipinski definition) is 1. The highest BCUT2D eigenvalue weighted by Gasteiger charge is 2.00. The molecule has 0 saturated carbocycles. The van der Waals surface area contributed by atoms with Crippen LogP contribution in [0.25, 0.3) is 17.2 Å². The van der Waals surface area contributed by atoms with Gasteiger partial charge >= 0.3 is 0 Å². The SMILES string of the molecule is Cc1cc(C)cc(-c2cccc(/C=C/C(N)=O)c2)c1. The van der Waals surface area contributed by atoms with Crippen LogP contribution in [-0.2, 0) is 4.79 Å². The number of primary amides is 1. The van der Waals surface area contributed by atoms with Gasteiger partial charge in [0.1, 0.15) is 0 Å². The summed E-state index contributed by atoms with van der Waals surface area (Å²) in [5.74, 6) is -0.434. The smallest absolute Gasteiger partial charge is 0.241 e. The van der Waals surface area contributed by atoms with E-state index >= 15 is 0 Å². The number of carbonyl (C=O) groups excluding carboxylic acids is 1. The molecule has 0 bridgehead atoms. The Morgan fingerprint density at radius 1 is 1.00 bits per heavy atom. The average molecular weight is 251 g/mol. The van der Waals surface area contributed by atoms with Gasteiger partial charge in [-0.15, -0.1) is 0 Å². The topological polar surface area (TPSA) is 43.1 Å². The molecule has 19 heavy (non-hydrogen) atoms. The first-order chi connectivity index (χ1) is 9.04. The zero-order chi connectivity index (χ0) is 13.8. The third-order valence-corrected chi connectivity index (χ3v) is 2.88. The quantitative estimate of drug-likeness (QED) is 0.834. The molecule has 1 amide bonds. The first-order valence-electron chi connectivity index (χ1n) is 6.21. The molecule has 0 aliphatic carbocycles. The lowest BCUT2D eigenvalue weighted by Crippen LogP contribution is -2.05. The summed E-state index contributed by atoms with van der Waals surface area (Å²) in [6.45, 7) is 4.18. The van der Waals surface area contributed by atoms with Gasteiger partial charge in [0.15, 0.2) is 0 Å². The van der Waals surface area contributed by atoms with Crippen LogP contribution < -0.4 is 5.73 Å². The van der Waals surface area contributed by atoms with E-state index < -0.39 is 5.91 Å². The average Bonchev–Trinajstić information content (AvgIpc) is 2.35. The second-order valence-corrected chi connectivity index (χ2v) is 4.74. The molecule has 0 heterocycles. The lowest BCUT2D eigenvalue weighted by atomic mass is 9.99. The Morgan fingerprint density at radius 2 is 1.68 bits per heavy atom. The molecule has 0 saturated heterocycles. The van der Waals surface area contributed by atoms with Crippen molar-refractivity contribution in [2.75, 3.05) is 0 Å². The van der Waals surface area contributed by atoms with Crippen LogP contribution in [0.15, 0.2) is 48.5 Å². The number of amides is 1. The number of carbonyl (C=O) groups is 1. The van der Waals surface area contributed by atoms with Gasteiger partial charge in [-0.1, -0.05) is 47.5 Å². The highest BCUT2D eigenvalue weighted by atomic mass is 16.1. The van der Waals surface area contributed by atoms with Crippen LogP contribution in [0.4, 0.5) is 0 Å². The minimum atomic E-state index is -0.434. The maximum absolute atomic E-state index is 10.8. The molecule has 2 aromatic carbocycles. The lowest BCUT2D eigenvalue weighted by Gasteiger charge is -2.06. The minimum absolute atomic E-state index is 0.434. The number of aryl methyl sites for hydroxylation is 2. The molecule has 0 fully saturated rings. The predicted molar refractivity (Wildman–Crippen MR) is 79.6 cm³/mol. The van der Waals surface area contributed by atoms with Crippen molar-refractivity contribution in [3.05, 3.63) is 65.2 Å². The zero-order valence-corrected chi connectivity index (χ0v) is 11.2. The van der Waals surface area contributed by atoms with Gasteiger partial charge in [0.05, 0.1) is 0 Å². The molecule has 0 aliphatic rings. The van der Waals surface area contributed by atoms with Gasteiger partial charge in [0.2, 0.25) is 5.91 Å². The zero-order valence-electron chi connectivity index (χ0n) is 11.2. The highest BCUT2D eigenvalue weighted by Crippen LogP contribution is 2.23. The summed E-state index contributed by atoms with van der Waals surface area (Å²) in [6.07, 6.45) is 3.11. The third kappa shape index (κ3) is 3.55. The normalized spacial score (nSPS) is 10.8. The van der Waals surface area contributed by atoms with Crippen LogP contribution in [-0.4, -0.2) is 5.91 Å². The van der Waals surface area contributed by atoms with Gasteiger partial charge in [0.25, 0.3) is 0 Å². The number of rotatable bonds is 3. The lowest BCUT2D eigenvalue weighted by molar-refractivity contribution is -0.113. The fraction of sp³-hybridized carbons (Fsp3) is 0.118.